The van der Waals surface area contributed by atoms with Gasteiger partial charge in [0.15, 0.2) is 0 Å². The number of urea groups is 1. The molecule has 0 saturated carbocycles. The first kappa shape index (κ1) is 28.3. The first-order valence-electron chi connectivity index (χ1n) is 14.0. The van der Waals surface area contributed by atoms with Gasteiger partial charge in [-0.1, -0.05) is 54.6 Å². The van der Waals surface area contributed by atoms with Crippen LogP contribution in [0.1, 0.15) is 35.6 Å². The molecule has 222 valence electrons. The minimum atomic E-state index is -4.68. The van der Waals surface area contributed by atoms with E-state index in [-0.39, 0.29) is 30.5 Å². The predicted molar refractivity (Wildman–Crippen MR) is 156 cm³/mol. The number of benzodiazepines with no additional fused rings is 1. The largest absolute Gasteiger partial charge is 0.406 e. The Bertz CT molecular complexity index is 1770. The summed E-state index contributed by atoms with van der Waals surface area (Å²) in [6.45, 7) is 0.977. The molecule has 0 bridgehead atoms. The highest BCUT2D eigenvalue weighted by atomic mass is 19.4. The number of hydrogen-bond donors (Lipinski definition) is 2. The molecule has 3 heterocycles. The quantitative estimate of drug-likeness (QED) is 0.359. The van der Waals surface area contributed by atoms with Crippen LogP contribution in [0.5, 0.6) is 0 Å². The second kappa shape index (κ2) is 11.1. The van der Waals surface area contributed by atoms with E-state index in [1.54, 1.807) is 53.1 Å². The van der Waals surface area contributed by atoms with Crippen molar-refractivity contribution >= 4 is 34.4 Å². The number of nitrogens with zero attached hydrogens (tertiary/aromatic N) is 4. The van der Waals surface area contributed by atoms with Crippen molar-refractivity contribution in [3.05, 3.63) is 100.0 Å². The van der Waals surface area contributed by atoms with E-state index >= 15 is 0 Å². The third-order valence-electron chi connectivity index (χ3n) is 7.84. The van der Waals surface area contributed by atoms with Gasteiger partial charge in [-0.15, -0.1) is 0 Å². The Balaban J connectivity index is 1.26. The normalized spacial score (nSPS) is 17.9. The lowest BCUT2D eigenvalue weighted by atomic mass is 10.0. The number of piperidine rings is 1. The molecule has 3 aromatic carbocycles. The number of hydrogen-bond acceptors (Lipinski definition) is 4. The number of anilines is 1. The molecule has 1 fully saturated rings. The number of aromatic nitrogens is 2. The van der Waals surface area contributed by atoms with Crippen LogP contribution in [0.2, 0.25) is 0 Å². The molecule has 2 N–H and O–H groups in total. The van der Waals surface area contributed by atoms with Crippen LogP contribution >= 0.6 is 0 Å². The maximum Gasteiger partial charge on any atom is 0.406 e. The average molecular weight is 591 g/mol. The van der Waals surface area contributed by atoms with Gasteiger partial charge < -0.3 is 15.2 Å². The summed E-state index contributed by atoms with van der Waals surface area (Å²) in [4.78, 5) is 49.3. The summed E-state index contributed by atoms with van der Waals surface area (Å²) >= 11 is 0. The topological polar surface area (TPSA) is 103 Å². The molecule has 2 aliphatic rings. The Hall–Kier alpha value is -4.87. The van der Waals surface area contributed by atoms with Crippen LogP contribution in [0.25, 0.3) is 11.0 Å². The monoisotopic (exact) mass is 590 g/mol. The molecule has 43 heavy (non-hydrogen) atoms. The number of aryl methyl sites for hydroxylation is 1. The molecule has 0 aliphatic carbocycles. The standard InChI is InChI=1S/C31H29F3N6O3/c1-19-11-12-25-23(17-19)35-30(43)40(25)21-13-15-38(16-14-21)29(42)37-27-28(41)39(18-31(32,33)34)24-10-6-5-9-22(24)26(36-27)20-7-3-2-4-8-20/h2-12,17,21,27H,13-16,18H2,1H3,(H,35,43)(H,37,42)/t27-/m0/s1. The lowest BCUT2D eigenvalue weighted by Crippen LogP contribution is -2.54. The van der Waals surface area contributed by atoms with Crippen molar-refractivity contribution in [2.75, 3.05) is 24.5 Å². The van der Waals surface area contributed by atoms with Crippen molar-refractivity contribution in [1.29, 1.82) is 0 Å². The lowest BCUT2D eigenvalue weighted by Gasteiger charge is -2.33. The van der Waals surface area contributed by atoms with E-state index in [4.69, 9.17) is 0 Å². The van der Waals surface area contributed by atoms with E-state index in [1.807, 2.05) is 25.1 Å². The molecule has 12 heteroatoms. The molecule has 1 atom stereocenters. The fourth-order valence-corrected chi connectivity index (χ4v) is 5.83. The number of aromatic amines is 1. The van der Waals surface area contributed by atoms with Gasteiger partial charge in [0.1, 0.15) is 6.54 Å². The van der Waals surface area contributed by atoms with E-state index in [9.17, 15) is 27.6 Å². The average Bonchev–Trinajstić information content (AvgIpc) is 3.27. The second-order valence-electron chi connectivity index (χ2n) is 10.8. The molecule has 0 radical (unpaired) electrons. The molecule has 4 aromatic rings. The zero-order chi connectivity index (χ0) is 30.3. The van der Waals surface area contributed by atoms with Gasteiger partial charge >= 0.3 is 17.9 Å². The fraction of sp³-hybridized carbons (Fsp3) is 0.290. The number of H-pyrrole nitrogens is 1. The molecule has 0 spiro atoms. The fourth-order valence-electron chi connectivity index (χ4n) is 5.83. The number of para-hydroxylation sites is 1. The zero-order valence-corrected chi connectivity index (χ0v) is 23.3. The summed E-state index contributed by atoms with van der Waals surface area (Å²) in [5.74, 6) is -0.986. The summed E-state index contributed by atoms with van der Waals surface area (Å²) in [5.41, 5.74) is 3.63. The van der Waals surface area contributed by atoms with Gasteiger partial charge in [-0.05, 0) is 43.5 Å². The van der Waals surface area contributed by atoms with E-state index in [1.165, 1.54) is 11.0 Å². The number of alkyl halides is 3. The molecule has 1 aromatic heterocycles. The van der Waals surface area contributed by atoms with E-state index < -0.39 is 30.8 Å². The number of imidazole rings is 1. The van der Waals surface area contributed by atoms with Gasteiger partial charge in [-0.3, -0.25) is 14.3 Å². The second-order valence-corrected chi connectivity index (χ2v) is 10.8. The number of nitrogens with one attached hydrogen (secondary N) is 2. The van der Waals surface area contributed by atoms with Gasteiger partial charge in [0.25, 0.3) is 5.91 Å². The number of likely N-dealkylation sites (tertiary alicyclic amines) is 1. The molecule has 9 nitrogen and oxygen atoms in total. The number of amides is 3. The molecule has 3 amide bonds. The lowest BCUT2D eigenvalue weighted by molar-refractivity contribution is -0.133. The smallest absolute Gasteiger partial charge is 0.325 e. The summed E-state index contributed by atoms with van der Waals surface area (Å²) in [6, 6.07) is 20.1. The van der Waals surface area contributed by atoms with Crippen molar-refractivity contribution in [2.24, 2.45) is 4.99 Å². The summed E-state index contributed by atoms with van der Waals surface area (Å²) in [5, 5.41) is 2.59. The van der Waals surface area contributed by atoms with Gasteiger partial charge in [-0.2, -0.15) is 13.2 Å². The number of benzene rings is 3. The molecular formula is C31H29F3N6O3. The summed E-state index contributed by atoms with van der Waals surface area (Å²) in [6.07, 6.45) is -5.31. The molecule has 2 aliphatic heterocycles. The summed E-state index contributed by atoms with van der Waals surface area (Å²) in [7, 11) is 0. The van der Waals surface area contributed by atoms with E-state index in [0.717, 1.165) is 16.6 Å². The Morgan fingerprint density at radius 2 is 1.70 bits per heavy atom. The molecular weight excluding hydrogens is 561 g/mol. The van der Waals surface area contributed by atoms with Gasteiger partial charge in [0, 0.05) is 30.3 Å². The number of fused-ring (bicyclic) bond motifs is 2. The SMILES string of the molecule is Cc1ccc2c(c1)[nH]c(=O)n2C1CCN(C(=O)N[C@@H]2N=C(c3ccccc3)c3ccccc3N(CC(F)(F)F)C2=O)CC1. The number of aliphatic imine (C=N–C) groups is 1. The van der Waals surface area contributed by atoms with E-state index in [2.05, 4.69) is 15.3 Å². The number of carbonyl (C=O) groups excluding carboxylic acids is 2. The first-order chi connectivity index (χ1) is 20.6. The van der Waals surface area contributed by atoms with Crippen molar-refractivity contribution in [2.45, 2.75) is 38.1 Å². The first-order valence-corrected chi connectivity index (χ1v) is 14.0. The van der Waals surface area contributed by atoms with Crippen LogP contribution in [-0.4, -0.2) is 64.1 Å². The minimum Gasteiger partial charge on any atom is -0.325 e. The van der Waals surface area contributed by atoms with Gasteiger partial charge in [0.2, 0.25) is 6.17 Å². The van der Waals surface area contributed by atoms with Crippen LogP contribution < -0.4 is 15.9 Å². The predicted octanol–water partition coefficient (Wildman–Crippen LogP) is 4.76. The number of rotatable bonds is 4. The minimum absolute atomic E-state index is 0.0596. The maximum atomic E-state index is 13.7. The highest BCUT2D eigenvalue weighted by Crippen LogP contribution is 2.31. The Kier molecular flexibility index (Phi) is 7.28. The van der Waals surface area contributed by atoms with Crippen molar-refractivity contribution in [3.8, 4) is 0 Å². The Morgan fingerprint density at radius 3 is 2.42 bits per heavy atom. The highest BCUT2D eigenvalue weighted by molar-refractivity contribution is 6.20. The molecule has 1 saturated heterocycles. The van der Waals surface area contributed by atoms with Crippen LogP contribution in [0.3, 0.4) is 0 Å². The van der Waals surface area contributed by atoms with E-state index in [0.29, 0.717) is 34.6 Å². The van der Waals surface area contributed by atoms with Crippen LogP contribution in [0, 0.1) is 6.92 Å². The maximum absolute atomic E-state index is 13.7. The number of carbonyl (C=O) groups is 2. The molecule has 0 unspecified atom stereocenters. The number of halogens is 3. The van der Waals surface area contributed by atoms with Crippen LogP contribution in [0.15, 0.2) is 82.6 Å². The molecule has 6 rings (SSSR count). The summed E-state index contributed by atoms with van der Waals surface area (Å²) < 4.78 is 42.8. The Morgan fingerprint density at radius 1 is 1.00 bits per heavy atom. The Labute approximate surface area is 244 Å². The van der Waals surface area contributed by atoms with Crippen molar-refractivity contribution < 1.29 is 22.8 Å². The van der Waals surface area contributed by atoms with Crippen molar-refractivity contribution in [3.63, 3.8) is 0 Å². The third-order valence-corrected chi connectivity index (χ3v) is 7.84. The van der Waals surface area contributed by atoms with Crippen LogP contribution in [-0.2, 0) is 4.79 Å². The van der Waals surface area contributed by atoms with Crippen molar-refractivity contribution in [1.82, 2.24) is 19.8 Å². The van der Waals surface area contributed by atoms with Gasteiger partial charge in [0.05, 0.1) is 22.4 Å². The third kappa shape index (κ3) is 5.64. The highest BCUT2D eigenvalue weighted by Gasteiger charge is 2.40. The zero-order valence-electron chi connectivity index (χ0n) is 23.3. The van der Waals surface area contributed by atoms with Gasteiger partial charge in [-0.25, -0.2) is 14.6 Å². The van der Waals surface area contributed by atoms with Crippen LogP contribution in [0.4, 0.5) is 23.7 Å².